The van der Waals surface area contributed by atoms with Crippen LogP contribution in [0, 0.1) is 0 Å². The molecular weight excluding hydrogens is 312 g/mol. The zero-order valence-corrected chi connectivity index (χ0v) is 12.2. The predicted octanol–water partition coefficient (Wildman–Crippen LogP) is 2.09. The lowest BCUT2D eigenvalue weighted by atomic mass is 10.2. The largest absolute Gasteiger partial charge is 0.323 e. The van der Waals surface area contributed by atoms with Crippen LogP contribution in [0.15, 0.2) is 36.8 Å². The number of thiophene rings is 1. The summed E-state index contributed by atoms with van der Waals surface area (Å²) in [5, 5.41) is 13.4. The molecule has 0 aliphatic rings. The normalized spacial score (nSPS) is 10.5. The first-order valence-corrected chi connectivity index (χ1v) is 7.13. The van der Waals surface area contributed by atoms with E-state index in [2.05, 4.69) is 25.8 Å². The monoisotopic (exact) mass is 320 g/mol. The van der Waals surface area contributed by atoms with E-state index >= 15 is 0 Å². The summed E-state index contributed by atoms with van der Waals surface area (Å²) in [5.74, 6) is -0.237. The van der Waals surface area contributed by atoms with Gasteiger partial charge in [-0.2, -0.15) is 0 Å². The molecule has 7 nitrogen and oxygen atoms in total. The van der Waals surface area contributed by atoms with Gasteiger partial charge in [0.1, 0.15) is 18.6 Å². The van der Waals surface area contributed by atoms with Crippen LogP contribution in [0.2, 0.25) is 4.34 Å². The van der Waals surface area contributed by atoms with Gasteiger partial charge in [-0.3, -0.25) is 9.78 Å². The highest BCUT2D eigenvalue weighted by atomic mass is 35.5. The van der Waals surface area contributed by atoms with Gasteiger partial charge in [-0.15, -0.1) is 16.4 Å². The number of hydrogen-bond acceptors (Lipinski definition) is 6. The summed E-state index contributed by atoms with van der Waals surface area (Å²) < 4.78 is 2.01. The summed E-state index contributed by atoms with van der Waals surface area (Å²) in [7, 11) is 0. The van der Waals surface area contributed by atoms with Crippen LogP contribution in [0.4, 0.5) is 5.69 Å². The lowest BCUT2D eigenvalue weighted by Gasteiger charge is -2.08. The zero-order chi connectivity index (χ0) is 14.7. The Morgan fingerprint density at radius 1 is 1.38 bits per heavy atom. The standard InChI is InChI=1S/C12H9ClN6OS/c13-10-4-3-9(21-10)12-8(2-1-5-14-12)16-11(20)6-19-7-15-17-18-19/h1-5,7H,6H2,(H,16,20). The third kappa shape index (κ3) is 3.23. The van der Waals surface area contributed by atoms with Crippen LogP contribution in [-0.4, -0.2) is 31.1 Å². The van der Waals surface area contributed by atoms with Gasteiger partial charge in [-0.05, 0) is 34.7 Å². The number of nitrogens with one attached hydrogen (secondary N) is 1. The predicted molar refractivity (Wildman–Crippen MR) is 79.0 cm³/mol. The fraction of sp³-hybridized carbons (Fsp3) is 0.0833. The first-order valence-electron chi connectivity index (χ1n) is 5.94. The molecule has 0 saturated carbocycles. The van der Waals surface area contributed by atoms with Crippen LogP contribution in [0.1, 0.15) is 0 Å². The molecule has 3 rings (SSSR count). The molecule has 0 spiro atoms. The van der Waals surface area contributed by atoms with Gasteiger partial charge >= 0.3 is 0 Å². The number of nitrogens with zero attached hydrogens (tertiary/aromatic N) is 5. The summed E-state index contributed by atoms with van der Waals surface area (Å²) in [4.78, 5) is 17.2. The van der Waals surface area contributed by atoms with Gasteiger partial charge in [0.15, 0.2) is 0 Å². The van der Waals surface area contributed by atoms with Crippen LogP contribution >= 0.6 is 22.9 Å². The van der Waals surface area contributed by atoms with Crippen LogP contribution in [0.25, 0.3) is 10.6 Å². The number of tetrazole rings is 1. The summed E-state index contributed by atoms with van der Waals surface area (Å²) in [6.07, 6.45) is 3.04. The van der Waals surface area contributed by atoms with Crippen molar-refractivity contribution < 1.29 is 4.79 Å². The molecule has 21 heavy (non-hydrogen) atoms. The summed E-state index contributed by atoms with van der Waals surface area (Å²) in [6.45, 7) is 0.0343. The SMILES string of the molecule is O=C(Cn1cnnn1)Nc1cccnc1-c1ccc(Cl)s1. The van der Waals surface area contributed by atoms with E-state index in [0.29, 0.717) is 15.7 Å². The lowest BCUT2D eigenvalue weighted by Crippen LogP contribution is -2.19. The van der Waals surface area contributed by atoms with E-state index < -0.39 is 0 Å². The van der Waals surface area contributed by atoms with Crippen molar-refractivity contribution in [1.29, 1.82) is 0 Å². The van der Waals surface area contributed by atoms with E-state index in [9.17, 15) is 4.79 Å². The molecule has 0 fully saturated rings. The first-order chi connectivity index (χ1) is 10.2. The van der Waals surface area contributed by atoms with Crippen LogP contribution in [0.3, 0.4) is 0 Å². The molecule has 0 unspecified atom stereocenters. The minimum Gasteiger partial charge on any atom is -0.323 e. The Balaban J connectivity index is 1.81. The van der Waals surface area contributed by atoms with Crippen LogP contribution in [-0.2, 0) is 11.3 Å². The van der Waals surface area contributed by atoms with E-state index in [1.165, 1.54) is 22.3 Å². The Morgan fingerprint density at radius 2 is 2.29 bits per heavy atom. The first kappa shape index (κ1) is 13.7. The summed E-state index contributed by atoms with van der Waals surface area (Å²) in [5.41, 5.74) is 1.30. The van der Waals surface area contributed by atoms with E-state index in [-0.39, 0.29) is 12.5 Å². The third-order valence-electron chi connectivity index (χ3n) is 2.59. The second kappa shape index (κ2) is 5.98. The van der Waals surface area contributed by atoms with Crippen molar-refractivity contribution >= 4 is 34.5 Å². The number of amides is 1. The van der Waals surface area contributed by atoms with E-state index in [0.717, 1.165) is 4.88 Å². The zero-order valence-electron chi connectivity index (χ0n) is 10.6. The van der Waals surface area contributed by atoms with E-state index in [4.69, 9.17) is 11.6 Å². The van der Waals surface area contributed by atoms with Crippen molar-refractivity contribution in [2.24, 2.45) is 0 Å². The number of pyridine rings is 1. The maximum absolute atomic E-state index is 12.0. The molecule has 9 heteroatoms. The van der Waals surface area contributed by atoms with Gasteiger partial charge in [0, 0.05) is 6.20 Å². The quantitative estimate of drug-likeness (QED) is 0.795. The number of aromatic nitrogens is 5. The van der Waals surface area contributed by atoms with E-state index in [1.807, 2.05) is 6.07 Å². The molecule has 0 aliphatic carbocycles. The summed E-state index contributed by atoms with van der Waals surface area (Å²) in [6, 6.07) is 7.20. The Bertz CT molecular complexity index is 757. The molecular formula is C12H9ClN6OS. The number of anilines is 1. The van der Waals surface area contributed by atoms with Crippen molar-refractivity contribution in [1.82, 2.24) is 25.2 Å². The topological polar surface area (TPSA) is 85.6 Å². The molecule has 0 bridgehead atoms. The molecule has 3 aromatic rings. The van der Waals surface area contributed by atoms with Crippen molar-refractivity contribution in [2.75, 3.05) is 5.32 Å². The van der Waals surface area contributed by atoms with Crippen molar-refractivity contribution in [3.63, 3.8) is 0 Å². The minimum atomic E-state index is -0.237. The third-order valence-corrected chi connectivity index (χ3v) is 3.82. The van der Waals surface area contributed by atoms with E-state index in [1.54, 1.807) is 24.4 Å². The van der Waals surface area contributed by atoms with Crippen molar-refractivity contribution in [2.45, 2.75) is 6.54 Å². The minimum absolute atomic E-state index is 0.0343. The highest BCUT2D eigenvalue weighted by Crippen LogP contribution is 2.33. The second-order valence-electron chi connectivity index (χ2n) is 4.06. The molecule has 0 aliphatic heterocycles. The van der Waals surface area contributed by atoms with Crippen molar-refractivity contribution in [3.8, 4) is 10.6 Å². The Morgan fingerprint density at radius 3 is 3.00 bits per heavy atom. The highest BCUT2D eigenvalue weighted by molar-refractivity contribution is 7.19. The van der Waals surface area contributed by atoms with Gasteiger partial charge < -0.3 is 5.32 Å². The van der Waals surface area contributed by atoms with Crippen molar-refractivity contribution in [3.05, 3.63) is 41.1 Å². The Labute approximate surface area is 128 Å². The fourth-order valence-corrected chi connectivity index (χ4v) is 2.79. The summed E-state index contributed by atoms with van der Waals surface area (Å²) >= 11 is 7.34. The fourth-order valence-electron chi connectivity index (χ4n) is 1.73. The molecule has 1 N–H and O–H groups in total. The lowest BCUT2D eigenvalue weighted by molar-refractivity contribution is -0.116. The average Bonchev–Trinajstić information content (AvgIpc) is 3.11. The molecule has 3 aromatic heterocycles. The smallest absolute Gasteiger partial charge is 0.246 e. The van der Waals surface area contributed by atoms with Gasteiger partial charge in [-0.25, -0.2) is 4.68 Å². The molecule has 3 heterocycles. The van der Waals surface area contributed by atoms with Gasteiger partial charge in [-0.1, -0.05) is 11.6 Å². The molecule has 106 valence electrons. The molecule has 0 saturated heterocycles. The molecule has 0 radical (unpaired) electrons. The van der Waals surface area contributed by atoms with Gasteiger partial charge in [0.25, 0.3) is 0 Å². The maximum atomic E-state index is 12.0. The van der Waals surface area contributed by atoms with Crippen LogP contribution < -0.4 is 5.32 Å². The average molecular weight is 321 g/mol. The number of carbonyl (C=O) groups excluding carboxylic acids is 1. The van der Waals surface area contributed by atoms with Gasteiger partial charge in [0.05, 0.1) is 14.9 Å². The van der Waals surface area contributed by atoms with Crippen LogP contribution in [0.5, 0.6) is 0 Å². The molecule has 0 aromatic carbocycles. The number of hydrogen-bond donors (Lipinski definition) is 1. The Kier molecular flexibility index (Phi) is 3.89. The maximum Gasteiger partial charge on any atom is 0.246 e. The number of halogens is 1. The molecule has 1 amide bonds. The Hall–Kier alpha value is -2.32. The molecule has 0 atom stereocenters. The number of rotatable bonds is 4. The second-order valence-corrected chi connectivity index (χ2v) is 5.77. The van der Waals surface area contributed by atoms with Gasteiger partial charge in [0.2, 0.25) is 5.91 Å². The number of carbonyl (C=O) groups is 1. The highest BCUT2D eigenvalue weighted by Gasteiger charge is 2.12.